The van der Waals surface area contributed by atoms with E-state index in [1.165, 1.54) is 6.92 Å². The van der Waals surface area contributed by atoms with Crippen molar-refractivity contribution in [3.8, 4) is 0 Å². The molecule has 1 heterocycles. The van der Waals surface area contributed by atoms with Gasteiger partial charge in [0.15, 0.2) is 6.10 Å². The predicted molar refractivity (Wildman–Crippen MR) is 59.4 cm³/mol. The van der Waals surface area contributed by atoms with Gasteiger partial charge in [-0.3, -0.25) is 4.79 Å². The van der Waals surface area contributed by atoms with Crippen LogP contribution >= 0.6 is 0 Å². The second kappa shape index (κ2) is 4.79. The molecule has 0 spiro atoms. The van der Waals surface area contributed by atoms with Gasteiger partial charge in [-0.15, -0.1) is 0 Å². The number of esters is 1. The summed E-state index contributed by atoms with van der Waals surface area (Å²) in [6.07, 6.45) is -0.154. The van der Waals surface area contributed by atoms with Gasteiger partial charge in [-0.2, -0.15) is 0 Å². The van der Waals surface area contributed by atoms with E-state index >= 15 is 0 Å². The fourth-order valence-electron chi connectivity index (χ4n) is 1.45. The maximum Gasteiger partial charge on any atom is 0.302 e. The van der Waals surface area contributed by atoms with Gasteiger partial charge in [0, 0.05) is 12.5 Å². The molecule has 0 fully saturated rings. The van der Waals surface area contributed by atoms with E-state index in [-0.39, 0.29) is 18.7 Å². The van der Waals surface area contributed by atoms with Crippen LogP contribution in [-0.2, 0) is 14.3 Å². The number of rotatable bonds is 3. The first-order valence-electron chi connectivity index (χ1n) is 5.15. The Morgan fingerprint density at radius 2 is 2.25 bits per heavy atom. The molecule has 1 aromatic rings. The number of benzene rings is 1. The van der Waals surface area contributed by atoms with E-state index in [0.29, 0.717) is 12.4 Å². The van der Waals surface area contributed by atoms with Crippen molar-refractivity contribution in [1.29, 1.82) is 0 Å². The number of carbonyl (C=O) groups is 1. The summed E-state index contributed by atoms with van der Waals surface area (Å²) in [5.41, 5.74) is 0.952. The first-order valence-corrected chi connectivity index (χ1v) is 5.15. The van der Waals surface area contributed by atoms with Crippen molar-refractivity contribution >= 4 is 11.9 Å². The lowest BCUT2D eigenvalue weighted by Crippen LogP contribution is -2.21. The number of carbonyl (C=O) groups excluding carboxylic acids is 1. The van der Waals surface area contributed by atoms with Crippen molar-refractivity contribution in [2.24, 2.45) is 4.99 Å². The van der Waals surface area contributed by atoms with Crippen LogP contribution in [0.15, 0.2) is 35.3 Å². The third-order valence-electron chi connectivity index (χ3n) is 2.21. The van der Waals surface area contributed by atoms with Crippen LogP contribution in [0.4, 0.5) is 0 Å². The first-order chi connectivity index (χ1) is 7.75. The van der Waals surface area contributed by atoms with E-state index in [1.807, 2.05) is 30.3 Å². The largest absolute Gasteiger partial charge is 0.469 e. The molecule has 0 amide bonds. The van der Waals surface area contributed by atoms with Gasteiger partial charge in [0.05, 0.1) is 6.54 Å². The van der Waals surface area contributed by atoms with Crippen molar-refractivity contribution < 1.29 is 14.3 Å². The van der Waals surface area contributed by atoms with Gasteiger partial charge in [0.2, 0.25) is 5.90 Å². The third kappa shape index (κ3) is 2.59. The van der Waals surface area contributed by atoms with Crippen molar-refractivity contribution in [3.05, 3.63) is 35.9 Å². The summed E-state index contributed by atoms with van der Waals surface area (Å²) in [5, 5.41) is 0. The minimum atomic E-state index is -0.295. The van der Waals surface area contributed by atoms with Crippen molar-refractivity contribution in [2.45, 2.75) is 13.0 Å². The Morgan fingerprint density at radius 3 is 2.94 bits per heavy atom. The Labute approximate surface area is 93.9 Å². The Bertz CT molecular complexity index is 400. The summed E-state index contributed by atoms with van der Waals surface area (Å²) in [6, 6.07) is 9.68. The van der Waals surface area contributed by atoms with Gasteiger partial charge < -0.3 is 9.47 Å². The number of aliphatic imine (C=N–C) groups is 1. The minimum Gasteiger partial charge on any atom is -0.469 e. The maximum atomic E-state index is 10.6. The number of hydrogen-bond donors (Lipinski definition) is 0. The highest BCUT2D eigenvalue weighted by molar-refractivity contribution is 5.95. The number of ether oxygens (including phenoxy) is 2. The SMILES string of the molecule is CC(=O)OCC1CN=C(c2ccccc2)O1. The lowest BCUT2D eigenvalue weighted by Gasteiger charge is -2.10. The second-order valence-electron chi connectivity index (χ2n) is 3.55. The highest BCUT2D eigenvalue weighted by Crippen LogP contribution is 2.12. The van der Waals surface area contributed by atoms with E-state index in [4.69, 9.17) is 9.47 Å². The van der Waals surface area contributed by atoms with Crippen LogP contribution in [0.2, 0.25) is 0 Å². The van der Waals surface area contributed by atoms with Crippen LogP contribution in [0.1, 0.15) is 12.5 Å². The molecule has 4 heteroatoms. The van der Waals surface area contributed by atoms with Gasteiger partial charge in [-0.1, -0.05) is 18.2 Å². The molecule has 0 radical (unpaired) electrons. The quantitative estimate of drug-likeness (QED) is 0.722. The molecule has 0 aliphatic carbocycles. The molecule has 0 saturated heterocycles. The van der Waals surface area contributed by atoms with Crippen molar-refractivity contribution in [3.63, 3.8) is 0 Å². The smallest absolute Gasteiger partial charge is 0.302 e. The monoisotopic (exact) mass is 219 g/mol. The molecule has 1 atom stereocenters. The zero-order chi connectivity index (χ0) is 11.4. The lowest BCUT2D eigenvalue weighted by molar-refractivity contribution is -0.143. The highest BCUT2D eigenvalue weighted by atomic mass is 16.6. The fourth-order valence-corrected chi connectivity index (χ4v) is 1.45. The molecule has 16 heavy (non-hydrogen) atoms. The van der Waals surface area contributed by atoms with Gasteiger partial charge in [0.25, 0.3) is 0 Å². The van der Waals surface area contributed by atoms with E-state index < -0.39 is 0 Å². The Hall–Kier alpha value is -1.84. The van der Waals surface area contributed by atoms with Crippen LogP contribution < -0.4 is 0 Å². The summed E-state index contributed by atoms with van der Waals surface area (Å²) in [5.74, 6) is 0.328. The summed E-state index contributed by atoms with van der Waals surface area (Å²) < 4.78 is 10.4. The number of hydrogen-bond acceptors (Lipinski definition) is 4. The molecular weight excluding hydrogens is 206 g/mol. The van der Waals surface area contributed by atoms with E-state index in [1.54, 1.807) is 0 Å². The molecule has 0 bridgehead atoms. The Balaban J connectivity index is 1.90. The molecule has 4 nitrogen and oxygen atoms in total. The van der Waals surface area contributed by atoms with E-state index in [0.717, 1.165) is 5.56 Å². The molecule has 0 N–H and O–H groups in total. The predicted octanol–water partition coefficient (Wildman–Crippen LogP) is 1.40. The van der Waals surface area contributed by atoms with Crippen LogP contribution in [0.3, 0.4) is 0 Å². The van der Waals surface area contributed by atoms with Crippen LogP contribution in [0, 0.1) is 0 Å². The Morgan fingerprint density at radius 1 is 1.50 bits per heavy atom. The van der Waals surface area contributed by atoms with Crippen molar-refractivity contribution in [2.75, 3.05) is 13.2 Å². The molecular formula is C12H13NO3. The van der Waals surface area contributed by atoms with Crippen molar-refractivity contribution in [1.82, 2.24) is 0 Å². The van der Waals surface area contributed by atoms with Crippen LogP contribution in [-0.4, -0.2) is 31.1 Å². The second-order valence-corrected chi connectivity index (χ2v) is 3.55. The average molecular weight is 219 g/mol. The molecule has 2 rings (SSSR count). The summed E-state index contributed by atoms with van der Waals surface area (Å²) in [4.78, 5) is 14.9. The van der Waals surface area contributed by atoms with Crippen LogP contribution in [0.5, 0.6) is 0 Å². The minimum absolute atomic E-state index is 0.154. The standard InChI is InChI=1S/C12H13NO3/c1-9(14)15-8-11-7-13-12(16-11)10-5-3-2-4-6-10/h2-6,11H,7-8H2,1H3. The average Bonchev–Trinajstić information content (AvgIpc) is 2.76. The lowest BCUT2D eigenvalue weighted by atomic mass is 10.2. The van der Waals surface area contributed by atoms with Gasteiger partial charge in [-0.05, 0) is 12.1 Å². The Kier molecular flexibility index (Phi) is 3.19. The van der Waals surface area contributed by atoms with E-state index in [2.05, 4.69) is 4.99 Å². The topological polar surface area (TPSA) is 47.9 Å². The molecule has 1 aliphatic heterocycles. The zero-order valence-electron chi connectivity index (χ0n) is 9.05. The number of nitrogens with zero attached hydrogens (tertiary/aromatic N) is 1. The summed E-state index contributed by atoms with van der Waals surface area (Å²) >= 11 is 0. The molecule has 0 aromatic heterocycles. The zero-order valence-corrected chi connectivity index (χ0v) is 9.05. The summed E-state index contributed by atoms with van der Waals surface area (Å²) in [6.45, 7) is 2.18. The van der Waals surface area contributed by atoms with Gasteiger partial charge in [0.1, 0.15) is 6.61 Å². The normalized spacial score (nSPS) is 18.8. The van der Waals surface area contributed by atoms with Crippen LogP contribution in [0.25, 0.3) is 0 Å². The highest BCUT2D eigenvalue weighted by Gasteiger charge is 2.21. The first kappa shape index (κ1) is 10.7. The molecule has 1 aromatic carbocycles. The van der Waals surface area contributed by atoms with E-state index in [9.17, 15) is 4.79 Å². The van der Waals surface area contributed by atoms with Gasteiger partial charge in [-0.25, -0.2) is 4.99 Å². The fraction of sp³-hybridized carbons (Fsp3) is 0.333. The molecule has 1 unspecified atom stereocenters. The summed E-state index contributed by atoms with van der Waals surface area (Å²) in [7, 11) is 0. The molecule has 0 saturated carbocycles. The molecule has 1 aliphatic rings. The molecule has 84 valence electrons. The van der Waals surface area contributed by atoms with Gasteiger partial charge >= 0.3 is 5.97 Å². The third-order valence-corrected chi connectivity index (χ3v) is 2.21. The maximum absolute atomic E-state index is 10.6.